The maximum absolute atomic E-state index is 5.55. The van der Waals surface area contributed by atoms with Gasteiger partial charge in [-0.2, -0.15) is 4.98 Å². The molecule has 0 aliphatic carbocycles. The molecule has 1 aromatic carbocycles. The van der Waals surface area contributed by atoms with Crippen molar-refractivity contribution in [1.29, 1.82) is 0 Å². The predicted molar refractivity (Wildman–Crippen MR) is 89.9 cm³/mol. The third kappa shape index (κ3) is 4.13. The van der Waals surface area contributed by atoms with Crippen LogP contribution in [-0.2, 0) is 17.9 Å². The first-order valence-corrected chi connectivity index (χ1v) is 8.52. The third-order valence-corrected chi connectivity index (χ3v) is 4.54. The zero-order chi connectivity index (χ0) is 16.8. The number of ether oxygens (including phenoxy) is 2. The molecule has 6 nitrogen and oxygen atoms in total. The molecular weight excluding hydrogens is 306 g/mol. The van der Waals surface area contributed by atoms with E-state index in [0.29, 0.717) is 19.1 Å². The summed E-state index contributed by atoms with van der Waals surface area (Å²) in [4.78, 5) is 6.66. The number of hydrogen-bond donors (Lipinski definition) is 0. The van der Waals surface area contributed by atoms with Crippen molar-refractivity contribution in [3.8, 4) is 5.75 Å². The Kier molecular flexibility index (Phi) is 5.82. The van der Waals surface area contributed by atoms with Gasteiger partial charge >= 0.3 is 0 Å². The Bertz CT molecular complexity index is 622. The summed E-state index contributed by atoms with van der Waals surface area (Å²) >= 11 is 0. The van der Waals surface area contributed by atoms with Crippen LogP contribution in [0, 0.1) is 0 Å². The summed E-state index contributed by atoms with van der Waals surface area (Å²) in [6, 6.07) is 6.37. The zero-order valence-electron chi connectivity index (χ0n) is 14.4. The SMILES string of the molecule is CCOCc1cc(CN2CCC(c3ncon3)CC2)ccc1OC. The number of likely N-dealkylation sites (tertiary alicyclic amines) is 1. The van der Waals surface area contributed by atoms with Gasteiger partial charge in [0.15, 0.2) is 5.82 Å². The summed E-state index contributed by atoms with van der Waals surface area (Å²) in [5.74, 6) is 2.16. The first-order valence-electron chi connectivity index (χ1n) is 8.52. The number of nitrogens with zero attached hydrogens (tertiary/aromatic N) is 3. The molecule has 6 heteroatoms. The molecule has 130 valence electrons. The lowest BCUT2D eigenvalue weighted by molar-refractivity contribution is 0.131. The molecule has 0 bridgehead atoms. The molecule has 0 saturated carbocycles. The van der Waals surface area contributed by atoms with Crippen molar-refractivity contribution >= 4 is 0 Å². The van der Waals surface area contributed by atoms with Crippen LogP contribution in [0.15, 0.2) is 29.1 Å². The Morgan fingerprint density at radius 2 is 2.12 bits per heavy atom. The van der Waals surface area contributed by atoms with Crippen LogP contribution in [0.5, 0.6) is 5.75 Å². The molecular formula is C18H25N3O3. The van der Waals surface area contributed by atoms with Gasteiger partial charge in [-0.05, 0) is 50.6 Å². The third-order valence-electron chi connectivity index (χ3n) is 4.54. The molecule has 1 aliphatic heterocycles. The van der Waals surface area contributed by atoms with Crippen molar-refractivity contribution in [2.75, 3.05) is 26.8 Å². The highest BCUT2D eigenvalue weighted by Gasteiger charge is 2.23. The van der Waals surface area contributed by atoms with Crippen LogP contribution in [0.25, 0.3) is 0 Å². The highest BCUT2D eigenvalue weighted by Crippen LogP contribution is 2.27. The fraction of sp³-hybridized carbons (Fsp3) is 0.556. The van der Waals surface area contributed by atoms with E-state index in [0.717, 1.165) is 49.6 Å². The Balaban J connectivity index is 1.58. The molecule has 1 fully saturated rings. The van der Waals surface area contributed by atoms with Crippen LogP contribution in [-0.4, -0.2) is 41.8 Å². The molecule has 1 aromatic heterocycles. The second-order valence-electron chi connectivity index (χ2n) is 6.12. The summed E-state index contributed by atoms with van der Waals surface area (Å²) in [7, 11) is 1.70. The fourth-order valence-electron chi connectivity index (χ4n) is 3.22. The highest BCUT2D eigenvalue weighted by atomic mass is 16.5. The van der Waals surface area contributed by atoms with Crippen LogP contribution in [0.3, 0.4) is 0 Å². The van der Waals surface area contributed by atoms with E-state index in [1.54, 1.807) is 7.11 Å². The molecule has 24 heavy (non-hydrogen) atoms. The van der Waals surface area contributed by atoms with E-state index in [1.807, 2.05) is 13.0 Å². The quantitative estimate of drug-likeness (QED) is 0.777. The van der Waals surface area contributed by atoms with Crippen molar-refractivity contribution in [2.24, 2.45) is 0 Å². The zero-order valence-corrected chi connectivity index (χ0v) is 14.4. The lowest BCUT2D eigenvalue weighted by Gasteiger charge is -2.30. The lowest BCUT2D eigenvalue weighted by atomic mass is 9.96. The molecule has 2 heterocycles. The van der Waals surface area contributed by atoms with E-state index in [4.69, 9.17) is 14.0 Å². The van der Waals surface area contributed by atoms with Gasteiger partial charge in [-0.15, -0.1) is 0 Å². The minimum absolute atomic E-state index is 0.421. The molecule has 0 unspecified atom stereocenters. The van der Waals surface area contributed by atoms with Crippen molar-refractivity contribution in [3.63, 3.8) is 0 Å². The Morgan fingerprint density at radius 1 is 1.29 bits per heavy atom. The predicted octanol–water partition coefficient (Wildman–Crippen LogP) is 2.99. The first kappa shape index (κ1) is 16.9. The van der Waals surface area contributed by atoms with E-state index >= 15 is 0 Å². The summed E-state index contributed by atoms with van der Waals surface area (Å²) in [6.07, 6.45) is 3.56. The molecule has 1 aliphatic rings. The number of benzene rings is 1. The van der Waals surface area contributed by atoms with Crippen molar-refractivity contribution in [2.45, 2.75) is 38.8 Å². The van der Waals surface area contributed by atoms with Crippen LogP contribution >= 0.6 is 0 Å². The van der Waals surface area contributed by atoms with Crippen LogP contribution < -0.4 is 4.74 Å². The van der Waals surface area contributed by atoms with E-state index < -0.39 is 0 Å². The smallest absolute Gasteiger partial charge is 0.213 e. The topological polar surface area (TPSA) is 60.6 Å². The van der Waals surface area contributed by atoms with Crippen molar-refractivity contribution < 1.29 is 14.0 Å². The average Bonchev–Trinajstić information content (AvgIpc) is 3.15. The second kappa shape index (κ2) is 8.26. The van der Waals surface area contributed by atoms with Gasteiger partial charge in [-0.25, -0.2) is 0 Å². The normalized spacial score (nSPS) is 16.4. The molecule has 0 N–H and O–H groups in total. The number of aromatic nitrogens is 2. The molecule has 3 rings (SSSR count). The van der Waals surface area contributed by atoms with Gasteiger partial charge < -0.3 is 14.0 Å². The fourth-order valence-corrected chi connectivity index (χ4v) is 3.22. The molecule has 0 atom stereocenters. The van der Waals surface area contributed by atoms with Crippen LogP contribution in [0.4, 0.5) is 0 Å². The largest absolute Gasteiger partial charge is 0.496 e. The summed E-state index contributed by atoms with van der Waals surface area (Å²) in [5.41, 5.74) is 2.40. The molecule has 0 radical (unpaired) electrons. The minimum atomic E-state index is 0.421. The number of hydrogen-bond acceptors (Lipinski definition) is 6. The number of piperidine rings is 1. The summed E-state index contributed by atoms with van der Waals surface area (Å²) < 4.78 is 15.8. The average molecular weight is 331 g/mol. The first-order chi connectivity index (χ1) is 11.8. The minimum Gasteiger partial charge on any atom is -0.496 e. The lowest BCUT2D eigenvalue weighted by Crippen LogP contribution is -2.32. The molecule has 1 saturated heterocycles. The highest BCUT2D eigenvalue weighted by molar-refractivity contribution is 5.37. The van der Waals surface area contributed by atoms with E-state index in [-0.39, 0.29) is 0 Å². The number of methoxy groups -OCH3 is 1. The number of rotatable bonds is 7. The standard InChI is InChI=1S/C18H25N3O3/c1-3-23-12-16-10-14(4-5-17(16)22-2)11-21-8-6-15(7-9-21)18-19-13-24-20-18/h4-5,10,13,15H,3,6-9,11-12H2,1-2H3. The van der Waals surface area contributed by atoms with Gasteiger partial charge in [0.05, 0.1) is 13.7 Å². The van der Waals surface area contributed by atoms with E-state index in [2.05, 4.69) is 27.2 Å². The Labute approximate surface area is 142 Å². The summed E-state index contributed by atoms with van der Waals surface area (Å²) in [6.45, 7) is 6.34. The van der Waals surface area contributed by atoms with Crippen molar-refractivity contribution in [3.05, 3.63) is 41.5 Å². The van der Waals surface area contributed by atoms with Crippen LogP contribution in [0.1, 0.15) is 42.6 Å². The van der Waals surface area contributed by atoms with E-state index in [1.165, 1.54) is 12.0 Å². The van der Waals surface area contributed by atoms with Crippen molar-refractivity contribution in [1.82, 2.24) is 15.0 Å². The van der Waals surface area contributed by atoms with Gasteiger partial charge in [0, 0.05) is 24.6 Å². The molecule has 0 amide bonds. The van der Waals surface area contributed by atoms with Gasteiger partial charge in [0.1, 0.15) is 5.75 Å². The maximum Gasteiger partial charge on any atom is 0.213 e. The molecule has 2 aromatic rings. The Hall–Kier alpha value is -1.92. The van der Waals surface area contributed by atoms with Gasteiger partial charge in [0.25, 0.3) is 0 Å². The van der Waals surface area contributed by atoms with Gasteiger partial charge in [0.2, 0.25) is 6.39 Å². The summed E-state index contributed by atoms with van der Waals surface area (Å²) in [5, 5.41) is 3.98. The molecule has 0 spiro atoms. The van der Waals surface area contributed by atoms with E-state index in [9.17, 15) is 0 Å². The Morgan fingerprint density at radius 3 is 2.79 bits per heavy atom. The van der Waals surface area contributed by atoms with Gasteiger partial charge in [-0.1, -0.05) is 11.2 Å². The van der Waals surface area contributed by atoms with Crippen LogP contribution in [0.2, 0.25) is 0 Å². The monoisotopic (exact) mass is 331 g/mol. The maximum atomic E-state index is 5.55. The van der Waals surface area contributed by atoms with Gasteiger partial charge in [-0.3, -0.25) is 4.90 Å². The second-order valence-corrected chi connectivity index (χ2v) is 6.12.